The second kappa shape index (κ2) is 9.27. The van der Waals surface area contributed by atoms with Crippen LogP contribution in [-0.2, 0) is 16.1 Å². The fourth-order valence-corrected chi connectivity index (χ4v) is 5.23. The summed E-state index contributed by atoms with van der Waals surface area (Å²) in [6, 6.07) is 6.40. The topological polar surface area (TPSA) is 50.8 Å². The molecule has 5 nitrogen and oxygen atoms in total. The molecular weight excluding hydrogens is 376 g/mol. The van der Waals surface area contributed by atoms with Gasteiger partial charge in [0.05, 0.1) is 19.3 Å². The van der Waals surface area contributed by atoms with Crippen LogP contribution in [0.5, 0.6) is 5.75 Å². The van der Waals surface area contributed by atoms with Crippen molar-refractivity contribution >= 4 is 5.91 Å². The zero-order chi connectivity index (χ0) is 22.1. The normalized spacial score (nSPS) is 31.5. The number of nitrogens with one attached hydrogen (secondary N) is 1. The molecule has 0 unspecified atom stereocenters. The Morgan fingerprint density at radius 1 is 1.33 bits per heavy atom. The Morgan fingerprint density at radius 2 is 2.07 bits per heavy atom. The highest BCUT2D eigenvalue weighted by Crippen LogP contribution is 2.48. The summed E-state index contributed by atoms with van der Waals surface area (Å²) in [4.78, 5) is 14.8. The summed E-state index contributed by atoms with van der Waals surface area (Å²) in [6.07, 6.45) is 4.34. The number of benzene rings is 1. The van der Waals surface area contributed by atoms with Crippen molar-refractivity contribution in [1.82, 2.24) is 10.2 Å². The molecule has 1 amide bonds. The smallest absolute Gasteiger partial charge is 0.222 e. The minimum atomic E-state index is -0.253. The number of nitrogens with zero attached hydrogens (tertiary/aromatic N) is 1. The highest BCUT2D eigenvalue weighted by Gasteiger charge is 2.49. The minimum Gasteiger partial charge on any atom is -0.496 e. The highest BCUT2D eigenvalue weighted by molar-refractivity contribution is 5.78. The summed E-state index contributed by atoms with van der Waals surface area (Å²) >= 11 is 0. The summed E-state index contributed by atoms with van der Waals surface area (Å²) in [5, 5.41) is 3.43. The van der Waals surface area contributed by atoms with E-state index in [-0.39, 0.29) is 29.6 Å². The van der Waals surface area contributed by atoms with Crippen molar-refractivity contribution in [3.63, 3.8) is 0 Å². The van der Waals surface area contributed by atoms with Gasteiger partial charge in [-0.15, -0.1) is 0 Å². The number of fused-ring (bicyclic) bond motifs is 1. The molecule has 5 heteroatoms. The van der Waals surface area contributed by atoms with Crippen LogP contribution in [0.4, 0.5) is 0 Å². The van der Waals surface area contributed by atoms with Gasteiger partial charge in [-0.05, 0) is 57.5 Å². The standard InChI is InChI=1S/C25H40N2O3/c1-16(2)24(28)26-25(4)14-23(30-22-12-17(3)8-10-20(22)25)18-9-11-21(29-7)19(13-18)15-27(5)6/h9,11,13,16-17,20,22-23H,8,10,12,14-15H2,1-7H3,(H,26,28)/t17-,20-,22-,23-,25+/m1/s1. The van der Waals surface area contributed by atoms with Crippen LogP contribution in [0.2, 0.25) is 0 Å². The lowest BCUT2D eigenvalue weighted by molar-refractivity contribution is -0.155. The largest absolute Gasteiger partial charge is 0.496 e. The molecule has 3 rings (SSSR count). The summed E-state index contributed by atoms with van der Waals surface area (Å²) in [6.45, 7) is 9.30. The number of carbonyl (C=O) groups is 1. The molecule has 1 aliphatic carbocycles. The fraction of sp³-hybridized carbons (Fsp3) is 0.720. The molecule has 0 radical (unpaired) electrons. The Labute approximate surface area is 182 Å². The summed E-state index contributed by atoms with van der Waals surface area (Å²) in [5.74, 6) is 2.06. The first-order chi connectivity index (χ1) is 14.1. The van der Waals surface area contributed by atoms with Crippen molar-refractivity contribution in [2.45, 2.75) is 77.7 Å². The van der Waals surface area contributed by atoms with Gasteiger partial charge in [-0.3, -0.25) is 4.79 Å². The van der Waals surface area contributed by atoms with Gasteiger partial charge in [-0.2, -0.15) is 0 Å². The molecule has 1 saturated carbocycles. The van der Waals surface area contributed by atoms with Crippen molar-refractivity contribution in [3.05, 3.63) is 29.3 Å². The molecule has 0 spiro atoms. The van der Waals surface area contributed by atoms with E-state index in [0.29, 0.717) is 11.8 Å². The van der Waals surface area contributed by atoms with Gasteiger partial charge < -0.3 is 19.7 Å². The van der Waals surface area contributed by atoms with Crippen molar-refractivity contribution in [2.75, 3.05) is 21.2 Å². The first kappa shape index (κ1) is 23.1. The summed E-state index contributed by atoms with van der Waals surface area (Å²) < 4.78 is 12.3. The van der Waals surface area contributed by atoms with Gasteiger partial charge in [0, 0.05) is 35.9 Å². The molecule has 1 N–H and O–H groups in total. The number of amides is 1. The van der Waals surface area contributed by atoms with Crippen molar-refractivity contribution in [3.8, 4) is 5.75 Å². The molecule has 0 aromatic heterocycles. The third-order valence-electron chi connectivity index (χ3n) is 6.92. The van der Waals surface area contributed by atoms with E-state index in [9.17, 15) is 4.79 Å². The quantitative estimate of drug-likeness (QED) is 0.739. The molecule has 30 heavy (non-hydrogen) atoms. The monoisotopic (exact) mass is 416 g/mol. The van der Waals surface area contributed by atoms with E-state index in [1.54, 1.807) is 7.11 Å². The average Bonchev–Trinajstić information content (AvgIpc) is 2.66. The Morgan fingerprint density at radius 3 is 2.70 bits per heavy atom. The third-order valence-corrected chi connectivity index (χ3v) is 6.92. The van der Waals surface area contributed by atoms with Crippen LogP contribution in [0.25, 0.3) is 0 Å². The molecular formula is C25H40N2O3. The van der Waals surface area contributed by atoms with Crippen LogP contribution in [-0.4, -0.2) is 43.7 Å². The van der Waals surface area contributed by atoms with Crippen LogP contribution in [0, 0.1) is 17.8 Å². The maximum absolute atomic E-state index is 12.7. The van der Waals surface area contributed by atoms with Gasteiger partial charge in [0.25, 0.3) is 0 Å². The Hall–Kier alpha value is -1.59. The molecule has 1 aromatic carbocycles. The van der Waals surface area contributed by atoms with Gasteiger partial charge >= 0.3 is 0 Å². The van der Waals surface area contributed by atoms with E-state index in [4.69, 9.17) is 9.47 Å². The number of carbonyl (C=O) groups excluding carboxylic acids is 1. The Bertz CT molecular complexity index is 748. The molecule has 1 aromatic rings. The van der Waals surface area contributed by atoms with E-state index >= 15 is 0 Å². The molecule has 168 valence electrons. The summed E-state index contributed by atoms with van der Waals surface area (Å²) in [5.41, 5.74) is 2.08. The molecule has 2 fully saturated rings. The lowest BCUT2D eigenvalue weighted by Gasteiger charge is -2.52. The molecule has 1 saturated heterocycles. The maximum atomic E-state index is 12.7. The second-order valence-corrected chi connectivity index (χ2v) is 10.3. The number of hydrogen-bond donors (Lipinski definition) is 1. The predicted octanol–water partition coefficient (Wildman–Crippen LogP) is 4.55. The van der Waals surface area contributed by atoms with Gasteiger partial charge in [0.15, 0.2) is 0 Å². The van der Waals surface area contributed by atoms with Gasteiger partial charge in [-0.1, -0.05) is 33.3 Å². The van der Waals surface area contributed by atoms with Crippen molar-refractivity contribution in [1.29, 1.82) is 0 Å². The maximum Gasteiger partial charge on any atom is 0.222 e. The third kappa shape index (κ3) is 5.00. The van der Waals surface area contributed by atoms with Crippen LogP contribution in [0.3, 0.4) is 0 Å². The first-order valence-corrected chi connectivity index (χ1v) is 11.4. The van der Waals surface area contributed by atoms with Crippen molar-refractivity contribution in [2.24, 2.45) is 17.8 Å². The van der Waals surface area contributed by atoms with E-state index in [2.05, 4.69) is 56.4 Å². The Balaban J connectivity index is 1.92. The van der Waals surface area contributed by atoms with Gasteiger partial charge in [0.2, 0.25) is 5.91 Å². The van der Waals surface area contributed by atoms with Gasteiger partial charge in [0.1, 0.15) is 5.75 Å². The molecule has 5 atom stereocenters. The van der Waals surface area contributed by atoms with Gasteiger partial charge in [-0.25, -0.2) is 0 Å². The van der Waals surface area contributed by atoms with Crippen LogP contribution < -0.4 is 10.1 Å². The van der Waals surface area contributed by atoms with Crippen LogP contribution >= 0.6 is 0 Å². The molecule has 0 bridgehead atoms. The zero-order valence-electron chi connectivity index (χ0n) is 19.8. The van der Waals surface area contributed by atoms with Crippen molar-refractivity contribution < 1.29 is 14.3 Å². The van der Waals surface area contributed by atoms with E-state index in [1.165, 1.54) is 12.0 Å². The number of hydrogen-bond acceptors (Lipinski definition) is 4. The SMILES string of the molecule is COc1ccc([C@H]2C[C@](C)(NC(=O)C(C)C)[C@@H]3CC[C@@H](C)C[C@H]3O2)cc1CN(C)C. The predicted molar refractivity (Wildman–Crippen MR) is 121 cm³/mol. The van der Waals surface area contributed by atoms with E-state index in [1.807, 2.05) is 13.8 Å². The number of ether oxygens (including phenoxy) is 2. The second-order valence-electron chi connectivity index (χ2n) is 10.3. The first-order valence-electron chi connectivity index (χ1n) is 11.4. The van der Waals surface area contributed by atoms with E-state index in [0.717, 1.165) is 37.1 Å². The fourth-order valence-electron chi connectivity index (χ4n) is 5.23. The molecule has 1 heterocycles. The zero-order valence-corrected chi connectivity index (χ0v) is 19.8. The number of rotatable bonds is 6. The molecule has 1 aliphatic heterocycles. The molecule has 2 aliphatic rings. The van der Waals surface area contributed by atoms with Crippen LogP contribution in [0.15, 0.2) is 18.2 Å². The number of methoxy groups -OCH3 is 1. The lowest BCUT2D eigenvalue weighted by Crippen LogP contribution is -2.61. The Kier molecular flexibility index (Phi) is 7.13. The summed E-state index contributed by atoms with van der Waals surface area (Å²) in [7, 11) is 5.85. The lowest BCUT2D eigenvalue weighted by atomic mass is 9.66. The highest BCUT2D eigenvalue weighted by atomic mass is 16.5. The van der Waals surface area contributed by atoms with Crippen LogP contribution in [0.1, 0.15) is 70.6 Å². The van der Waals surface area contributed by atoms with E-state index < -0.39 is 0 Å². The minimum absolute atomic E-state index is 0.0169. The average molecular weight is 417 g/mol.